The Morgan fingerprint density at radius 2 is 1.05 bits per heavy atom. The summed E-state index contributed by atoms with van der Waals surface area (Å²) < 4.78 is 51.3. The molecule has 1 aliphatic heterocycles. The predicted molar refractivity (Wildman–Crippen MR) is 311 cm³/mol. The molecule has 0 spiro atoms. The first kappa shape index (κ1) is 55.3. The molecule has 0 amide bonds. The van der Waals surface area contributed by atoms with Crippen LogP contribution in [-0.2, 0) is 38.6 Å². The summed E-state index contributed by atoms with van der Waals surface area (Å²) in [6.45, 7) is 6.96. The Morgan fingerprint density at radius 3 is 1.75 bits per heavy atom. The van der Waals surface area contributed by atoms with Crippen molar-refractivity contribution in [1.82, 2.24) is 30.0 Å². The molecule has 7 aromatic carbocycles. The average molecular weight is 1080 g/mol. The van der Waals surface area contributed by atoms with Gasteiger partial charge in [-0.1, -0.05) is 114 Å². The summed E-state index contributed by atoms with van der Waals surface area (Å²) in [6, 6.07) is 47.4. The molecule has 0 radical (unpaired) electrons. The Bertz CT molecular complexity index is 3400. The quantitative estimate of drug-likeness (QED) is 0.0950. The number of methoxy groups -OCH3 is 1. The average Bonchev–Trinajstić information content (AvgIpc) is 4.31. The number of benzene rings is 7. The number of hydrogen-bond donors (Lipinski definition) is 0. The number of rotatable bonds is 14. The molecule has 0 saturated heterocycles. The van der Waals surface area contributed by atoms with Crippen molar-refractivity contribution in [1.29, 1.82) is 0 Å². The van der Waals surface area contributed by atoms with E-state index in [1.807, 2.05) is 82.4 Å². The van der Waals surface area contributed by atoms with Gasteiger partial charge in [-0.25, -0.2) is 0 Å². The highest BCUT2D eigenvalue weighted by Crippen LogP contribution is 2.46. The molecule has 0 N–H and O–H groups in total. The minimum absolute atomic E-state index is 0.276. The number of fused-ring (bicyclic) bond motifs is 15. The second kappa shape index (κ2) is 29.3. The molecule has 9 aromatic rings. The molecule has 2 aromatic heterocycles. The molecular formula is C64H70N8O8. The highest BCUT2D eigenvalue weighted by atomic mass is 16.6. The summed E-state index contributed by atoms with van der Waals surface area (Å²) in [5.74, 6) is 3.02. The molecule has 0 unspecified atom stereocenters. The smallest absolute Gasteiger partial charge is 0.146 e. The van der Waals surface area contributed by atoms with E-state index in [1.165, 1.54) is 0 Å². The summed E-state index contributed by atoms with van der Waals surface area (Å²) in [5.41, 5.74) is 7.80. The molecule has 0 fully saturated rings. The highest BCUT2D eigenvalue weighted by Gasteiger charge is 2.20. The maximum Gasteiger partial charge on any atom is 0.146 e. The fourth-order valence-electron chi connectivity index (χ4n) is 9.67. The van der Waals surface area contributed by atoms with E-state index >= 15 is 0 Å². The Hall–Kier alpha value is -8.02. The van der Waals surface area contributed by atoms with Crippen LogP contribution in [0.15, 0.2) is 162 Å². The lowest BCUT2D eigenvalue weighted by atomic mass is 9.92. The van der Waals surface area contributed by atoms with Gasteiger partial charge in [-0.15, -0.1) is 15.3 Å². The van der Waals surface area contributed by atoms with Gasteiger partial charge >= 0.3 is 0 Å². The third-order valence-electron chi connectivity index (χ3n) is 13.8. The first-order valence-electron chi connectivity index (χ1n) is 28.0. The van der Waals surface area contributed by atoms with Crippen molar-refractivity contribution < 1.29 is 37.9 Å². The molecule has 0 atom stereocenters. The van der Waals surface area contributed by atoms with Crippen LogP contribution < -0.4 is 18.9 Å². The lowest BCUT2D eigenvalue weighted by Gasteiger charge is -2.19. The molecule has 10 rings (SSSR count). The zero-order chi connectivity index (χ0) is 54.4. The van der Waals surface area contributed by atoms with Gasteiger partial charge in [0, 0.05) is 36.9 Å². The topological polar surface area (TPSA) is 160 Å². The largest absolute Gasteiger partial charge is 0.493 e. The van der Waals surface area contributed by atoms with Gasteiger partial charge in [0.2, 0.25) is 0 Å². The summed E-state index contributed by atoms with van der Waals surface area (Å²) in [4.78, 5) is 0. The third-order valence-corrected chi connectivity index (χ3v) is 13.8. The number of aryl methyl sites for hydroxylation is 2. The number of azo groups is 1. The molecule has 0 aliphatic carbocycles. The Labute approximate surface area is 467 Å². The molecule has 1 aliphatic rings. The molecule has 3 heterocycles. The van der Waals surface area contributed by atoms with E-state index in [4.69, 9.17) is 48.1 Å². The lowest BCUT2D eigenvalue weighted by molar-refractivity contribution is 0.000164. The first-order valence-corrected chi connectivity index (χ1v) is 28.0. The highest BCUT2D eigenvalue weighted by molar-refractivity contribution is 6.09. The summed E-state index contributed by atoms with van der Waals surface area (Å²) in [6.07, 6.45) is 11.7. The number of nitrogens with zero attached hydrogens (tertiary/aromatic N) is 8. The lowest BCUT2D eigenvalue weighted by Crippen LogP contribution is -2.13. The molecule has 6 bridgehead atoms. The van der Waals surface area contributed by atoms with Crippen LogP contribution in [-0.4, -0.2) is 103 Å². The van der Waals surface area contributed by atoms with Gasteiger partial charge < -0.3 is 37.9 Å². The van der Waals surface area contributed by atoms with Crippen molar-refractivity contribution in [3.63, 3.8) is 0 Å². The summed E-state index contributed by atoms with van der Waals surface area (Å²) in [5, 5.41) is 32.0. The van der Waals surface area contributed by atoms with Crippen LogP contribution in [0.4, 0.5) is 11.4 Å². The van der Waals surface area contributed by atoms with Gasteiger partial charge in [-0.3, -0.25) is 9.36 Å². The van der Waals surface area contributed by atoms with Crippen molar-refractivity contribution in [3.05, 3.63) is 158 Å². The third kappa shape index (κ3) is 15.4. The van der Waals surface area contributed by atoms with Crippen LogP contribution in [0.2, 0.25) is 0 Å². The van der Waals surface area contributed by atoms with Crippen LogP contribution in [0, 0.1) is 0 Å². The van der Waals surface area contributed by atoms with Crippen LogP contribution >= 0.6 is 0 Å². The molecule has 16 heteroatoms. The van der Waals surface area contributed by atoms with E-state index in [9.17, 15) is 0 Å². The molecule has 16 nitrogen and oxygen atoms in total. The number of ether oxygens (including phenoxy) is 8. The van der Waals surface area contributed by atoms with Crippen molar-refractivity contribution in [3.8, 4) is 56.5 Å². The second-order valence-corrected chi connectivity index (χ2v) is 19.6. The summed E-state index contributed by atoms with van der Waals surface area (Å²) >= 11 is 0. The van der Waals surface area contributed by atoms with Crippen LogP contribution in [0.25, 0.3) is 55.1 Å². The second-order valence-electron chi connectivity index (χ2n) is 19.6. The minimum atomic E-state index is 0.276. The van der Waals surface area contributed by atoms with E-state index in [0.29, 0.717) is 83.2 Å². The normalized spacial score (nSPS) is 14.0. The van der Waals surface area contributed by atoms with Crippen molar-refractivity contribution in [2.24, 2.45) is 10.2 Å². The monoisotopic (exact) mass is 1080 g/mol. The van der Waals surface area contributed by atoms with E-state index in [0.717, 1.165) is 142 Å². The van der Waals surface area contributed by atoms with E-state index in [1.54, 1.807) is 7.11 Å². The Morgan fingerprint density at radius 1 is 0.463 bits per heavy atom. The molecule has 80 heavy (non-hydrogen) atoms. The zero-order valence-electron chi connectivity index (χ0n) is 45.6. The predicted octanol–water partition coefficient (Wildman–Crippen LogP) is 13.8. The van der Waals surface area contributed by atoms with Gasteiger partial charge in [-0.2, -0.15) is 5.11 Å². The van der Waals surface area contributed by atoms with Gasteiger partial charge in [0.1, 0.15) is 53.3 Å². The zero-order valence-corrected chi connectivity index (χ0v) is 45.6. The van der Waals surface area contributed by atoms with Crippen LogP contribution in [0.3, 0.4) is 0 Å². The van der Waals surface area contributed by atoms with Crippen LogP contribution in [0.5, 0.6) is 23.0 Å². The van der Waals surface area contributed by atoms with E-state index in [2.05, 4.69) is 99.5 Å². The van der Waals surface area contributed by atoms with Gasteiger partial charge in [0.25, 0.3) is 0 Å². The number of hydrogen-bond acceptors (Lipinski definition) is 14. The minimum Gasteiger partial charge on any atom is -0.493 e. The number of aromatic nitrogens is 6. The Kier molecular flexibility index (Phi) is 20.2. The van der Waals surface area contributed by atoms with E-state index in [-0.39, 0.29) is 6.61 Å². The SMILES string of the molecule is COCCOCCOCCOCCOc1ccc(-c2ccc3c(c2)N=Nc2cccc(c2)-c2cn(nn2)CCCCCCOc2ccc4ccccc4c2-c2c(ccc4ccccc24)OCc2cn(nn2)CCCCCCO3)cc1. The van der Waals surface area contributed by atoms with Gasteiger partial charge in [0.15, 0.2) is 0 Å². The summed E-state index contributed by atoms with van der Waals surface area (Å²) in [7, 11) is 1.65. The van der Waals surface area contributed by atoms with Crippen molar-refractivity contribution in [2.75, 3.05) is 73.2 Å². The maximum atomic E-state index is 6.72. The molecular weight excluding hydrogens is 1010 g/mol. The maximum absolute atomic E-state index is 6.72. The van der Waals surface area contributed by atoms with Crippen molar-refractivity contribution >= 4 is 32.9 Å². The standard InChI is InChI=1S/C64H70N8O8/c1-73-35-36-74-37-38-75-39-40-76-41-42-77-55-26-21-48(22-27-55)51-25-28-60-58(44-51)67-65-53-18-14-17-52(43-53)59-46-72(70-68-59)32-11-3-5-13-34-79-61-29-23-49-15-6-8-19-56(49)63(61)64-57-20-9-7-16-50(57)24-30-62(64)80-47-54-45-71(69-66-54)31-10-2-4-12-33-78-60/h6-9,14-30,43-46H,2-5,10-13,31-42,47H2,1H3. The van der Waals surface area contributed by atoms with Gasteiger partial charge in [0.05, 0.1) is 77.5 Å². The fraction of sp³-hybridized carbons (Fsp3) is 0.344. The molecule has 414 valence electrons. The first-order chi connectivity index (χ1) is 39.6. The van der Waals surface area contributed by atoms with Crippen molar-refractivity contribution in [2.45, 2.75) is 71.1 Å². The van der Waals surface area contributed by atoms with E-state index < -0.39 is 0 Å². The fourth-order valence-corrected chi connectivity index (χ4v) is 9.67. The molecule has 0 saturated carbocycles. The van der Waals surface area contributed by atoms with Crippen LogP contribution in [0.1, 0.15) is 57.1 Å². The Balaban J connectivity index is 0.810. The van der Waals surface area contributed by atoms with Gasteiger partial charge in [-0.05, 0) is 120 Å².